The third kappa shape index (κ3) is 7.16. The van der Waals surface area contributed by atoms with Crippen molar-refractivity contribution in [3.05, 3.63) is 59.1 Å². The van der Waals surface area contributed by atoms with Crippen molar-refractivity contribution in [1.82, 2.24) is 0 Å². The van der Waals surface area contributed by atoms with Crippen LogP contribution in [0.5, 0.6) is 0 Å². The van der Waals surface area contributed by atoms with E-state index in [1.165, 1.54) is 5.56 Å². The molecule has 0 bridgehead atoms. The molecule has 0 atom stereocenters. The molecule has 0 aromatic heterocycles. The molecule has 0 saturated heterocycles. The fraction of sp³-hybridized carbons (Fsp3) is 0.350. The van der Waals surface area contributed by atoms with E-state index < -0.39 is 0 Å². The van der Waals surface area contributed by atoms with Crippen molar-refractivity contribution in [3.8, 4) is 0 Å². The molecule has 4 nitrogen and oxygen atoms in total. The second-order valence-electron chi connectivity index (χ2n) is 6.03. The number of amides is 1. The summed E-state index contributed by atoms with van der Waals surface area (Å²) in [5.41, 5.74) is 8.22. The number of anilines is 2. The summed E-state index contributed by atoms with van der Waals surface area (Å²) in [7, 11) is 0. The molecule has 0 radical (unpaired) electrons. The van der Waals surface area contributed by atoms with Crippen LogP contribution in [-0.2, 0) is 11.3 Å². The fourth-order valence-corrected chi connectivity index (χ4v) is 2.78. The minimum absolute atomic E-state index is 0.0220. The lowest BCUT2D eigenvalue weighted by Gasteiger charge is -2.11. The molecule has 0 aliphatic rings. The predicted molar refractivity (Wildman–Crippen MR) is 106 cm³/mol. The van der Waals surface area contributed by atoms with E-state index in [0.29, 0.717) is 18.0 Å². The minimum atomic E-state index is 0.0220. The molecule has 1 amide bonds. The van der Waals surface area contributed by atoms with Gasteiger partial charge in [-0.15, -0.1) is 0 Å². The van der Waals surface area contributed by atoms with Crippen molar-refractivity contribution in [2.45, 2.75) is 38.6 Å². The standard InChI is InChI=1S/C20H26ClN3O/c21-18-14-17(24-20(25)10-6-1-2-7-13-22)11-12-19(18)23-15-16-8-4-3-5-9-16/h3-5,8-9,11-12,14,23H,1-2,6-7,10,13,15,22H2,(H,24,25). The van der Waals surface area contributed by atoms with Crippen molar-refractivity contribution < 1.29 is 4.79 Å². The summed E-state index contributed by atoms with van der Waals surface area (Å²) in [5.74, 6) is 0.0220. The molecule has 2 rings (SSSR count). The molecule has 2 aromatic rings. The first kappa shape index (κ1) is 19.3. The molecule has 25 heavy (non-hydrogen) atoms. The molecule has 0 aliphatic carbocycles. The first-order valence-electron chi connectivity index (χ1n) is 8.76. The summed E-state index contributed by atoms with van der Waals surface area (Å²) >= 11 is 6.31. The smallest absolute Gasteiger partial charge is 0.224 e. The van der Waals surface area contributed by atoms with Gasteiger partial charge in [0.1, 0.15) is 0 Å². The lowest BCUT2D eigenvalue weighted by Crippen LogP contribution is -2.11. The quantitative estimate of drug-likeness (QED) is 0.534. The summed E-state index contributed by atoms with van der Waals surface area (Å²) in [4.78, 5) is 12.0. The number of unbranched alkanes of at least 4 members (excludes halogenated alkanes) is 3. The Balaban J connectivity index is 1.79. The van der Waals surface area contributed by atoms with Gasteiger partial charge in [-0.25, -0.2) is 0 Å². The van der Waals surface area contributed by atoms with Crippen LogP contribution in [0.4, 0.5) is 11.4 Å². The van der Waals surface area contributed by atoms with E-state index >= 15 is 0 Å². The lowest BCUT2D eigenvalue weighted by atomic mass is 10.1. The number of hydrogen-bond donors (Lipinski definition) is 3. The van der Waals surface area contributed by atoms with Gasteiger partial charge in [0.2, 0.25) is 5.91 Å². The molecule has 4 N–H and O–H groups in total. The molecule has 0 heterocycles. The maximum atomic E-state index is 12.0. The van der Waals surface area contributed by atoms with Gasteiger partial charge < -0.3 is 16.4 Å². The molecular formula is C20H26ClN3O. The van der Waals surface area contributed by atoms with Crippen LogP contribution in [0.1, 0.15) is 37.7 Å². The van der Waals surface area contributed by atoms with Gasteiger partial charge in [-0.3, -0.25) is 4.79 Å². The van der Waals surface area contributed by atoms with Crippen molar-refractivity contribution in [2.75, 3.05) is 17.2 Å². The zero-order valence-electron chi connectivity index (χ0n) is 14.4. The monoisotopic (exact) mass is 359 g/mol. The number of benzene rings is 2. The topological polar surface area (TPSA) is 67.2 Å². The first-order chi connectivity index (χ1) is 12.2. The van der Waals surface area contributed by atoms with Crippen molar-refractivity contribution in [2.24, 2.45) is 5.73 Å². The van der Waals surface area contributed by atoms with E-state index in [9.17, 15) is 4.79 Å². The predicted octanol–water partition coefficient (Wildman–Crippen LogP) is 4.80. The normalized spacial score (nSPS) is 10.5. The van der Waals surface area contributed by atoms with Crippen LogP contribution in [0.25, 0.3) is 0 Å². The van der Waals surface area contributed by atoms with Gasteiger partial charge in [-0.05, 0) is 43.1 Å². The Hall–Kier alpha value is -2.04. The van der Waals surface area contributed by atoms with Crippen molar-refractivity contribution in [3.63, 3.8) is 0 Å². The van der Waals surface area contributed by atoms with Gasteiger partial charge in [-0.2, -0.15) is 0 Å². The van der Waals surface area contributed by atoms with E-state index in [1.54, 1.807) is 6.07 Å². The van der Waals surface area contributed by atoms with Gasteiger partial charge in [0.25, 0.3) is 0 Å². The molecule has 0 aliphatic heterocycles. The largest absolute Gasteiger partial charge is 0.380 e. The Bertz CT molecular complexity index is 661. The Labute approximate surface area is 154 Å². The van der Waals surface area contributed by atoms with Crippen LogP contribution in [-0.4, -0.2) is 12.5 Å². The molecular weight excluding hydrogens is 334 g/mol. The number of rotatable bonds is 10. The molecule has 0 fully saturated rings. The van der Waals surface area contributed by atoms with Crippen LogP contribution in [0.2, 0.25) is 5.02 Å². The third-order valence-corrected chi connectivity index (χ3v) is 4.25. The maximum absolute atomic E-state index is 12.0. The van der Waals surface area contributed by atoms with E-state index in [2.05, 4.69) is 22.8 Å². The molecule has 0 unspecified atom stereocenters. The van der Waals surface area contributed by atoms with E-state index in [4.69, 9.17) is 17.3 Å². The van der Waals surface area contributed by atoms with E-state index in [0.717, 1.165) is 43.6 Å². The SMILES string of the molecule is NCCCCCCC(=O)Nc1ccc(NCc2ccccc2)c(Cl)c1. The van der Waals surface area contributed by atoms with Gasteiger partial charge >= 0.3 is 0 Å². The Kier molecular flexibility index (Phi) is 8.29. The highest BCUT2D eigenvalue weighted by atomic mass is 35.5. The molecule has 2 aromatic carbocycles. The van der Waals surface area contributed by atoms with Crippen LogP contribution in [0.15, 0.2) is 48.5 Å². The number of carbonyl (C=O) groups excluding carboxylic acids is 1. The summed E-state index contributed by atoms with van der Waals surface area (Å²) in [6.07, 6.45) is 4.55. The van der Waals surface area contributed by atoms with Crippen molar-refractivity contribution in [1.29, 1.82) is 0 Å². The van der Waals surface area contributed by atoms with Gasteiger partial charge in [-0.1, -0.05) is 54.8 Å². The highest BCUT2D eigenvalue weighted by Gasteiger charge is 2.06. The number of hydrogen-bond acceptors (Lipinski definition) is 3. The van der Waals surface area contributed by atoms with Crippen molar-refractivity contribution >= 4 is 28.9 Å². The molecule has 0 saturated carbocycles. The fourth-order valence-electron chi connectivity index (χ4n) is 2.54. The van der Waals surface area contributed by atoms with Crippen LogP contribution in [0.3, 0.4) is 0 Å². The zero-order chi connectivity index (χ0) is 17.9. The summed E-state index contributed by atoms with van der Waals surface area (Å²) in [6.45, 7) is 1.42. The Morgan fingerprint density at radius 1 is 1.00 bits per heavy atom. The first-order valence-corrected chi connectivity index (χ1v) is 9.14. The van der Waals surface area contributed by atoms with Gasteiger partial charge in [0.05, 0.1) is 10.7 Å². The number of carbonyl (C=O) groups is 1. The van der Waals surface area contributed by atoms with Crippen LogP contribution < -0.4 is 16.4 Å². The maximum Gasteiger partial charge on any atom is 0.224 e. The van der Waals surface area contributed by atoms with E-state index in [1.807, 2.05) is 30.3 Å². The second kappa shape index (κ2) is 10.7. The van der Waals surface area contributed by atoms with Gasteiger partial charge in [0.15, 0.2) is 0 Å². The highest BCUT2D eigenvalue weighted by molar-refractivity contribution is 6.33. The number of halogens is 1. The van der Waals surface area contributed by atoms with E-state index in [-0.39, 0.29) is 5.91 Å². The van der Waals surface area contributed by atoms with Gasteiger partial charge in [0, 0.05) is 18.7 Å². The summed E-state index contributed by atoms with van der Waals surface area (Å²) in [5, 5.41) is 6.80. The van der Waals surface area contributed by atoms with Crippen LogP contribution in [0, 0.1) is 0 Å². The second-order valence-corrected chi connectivity index (χ2v) is 6.44. The highest BCUT2D eigenvalue weighted by Crippen LogP contribution is 2.26. The molecule has 0 spiro atoms. The molecule has 5 heteroatoms. The number of nitrogens with one attached hydrogen (secondary N) is 2. The minimum Gasteiger partial charge on any atom is -0.380 e. The summed E-state index contributed by atoms with van der Waals surface area (Å²) in [6, 6.07) is 15.7. The average molecular weight is 360 g/mol. The molecule has 134 valence electrons. The zero-order valence-corrected chi connectivity index (χ0v) is 15.2. The van der Waals surface area contributed by atoms with Crippen LogP contribution >= 0.6 is 11.6 Å². The Morgan fingerprint density at radius 3 is 2.48 bits per heavy atom. The average Bonchev–Trinajstić information content (AvgIpc) is 2.62. The third-order valence-electron chi connectivity index (χ3n) is 3.94. The Morgan fingerprint density at radius 2 is 1.76 bits per heavy atom. The lowest BCUT2D eigenvalue weighted by molar-refractivity contribution is -0.116. The summed E-state index contributed by atoms with van der Waals surface area (Å²) < 4.78 is 0. The number of nitrogens with two attached hydrogens (primary N) is 1.